The number of rotatable bonds is 10. The summed E-state index contributed by atoms with van der Waals surface area (Å²) in [6, 6.07) is 23.3. The molecule has 3 N–H and O–H groups in total. The molecule has 0 aliphatic rings. The van der Waals surface area contributed by atoms with Crippen LogP contribution in [0.2, 0.25) is 0 Å². The van der Waals surface area contributed by atoms with E-state index in [2.05, 4.69) is 22.5 Å². The van der Waals surface area contributed by atoms with Gasteiger partial charge in [0.1, 0.15) is 35.6 Å². The van der Waals surface area contributed by atoms with Gasteiger partial charge in [-0.1, -0.05) is 60.4 Å². The first-order chi connectivity index (χ1) is 22.7. The van der Waals surface area contributed by atoms with Crippen LogP contribution in [0.15, 0.2) is 95.4 Å². The fourth-order valence-electron chi connectivity index (χ4n) is 5.03. The summed E-state index contributed by atoms with van der Waals surface area (Å²) in [5.41, 5.74) is 2.68. The van der Waals surface area contributed by atoms with Crippen molar-refractivity contribution in [2.75, 3.05) is 13.2 Å². The summed E-state index contributed by atoms with van der Waals surface area (Å²) in [5, 5.41) is 14.7. The third-order valence-electron chi connectivity index (χ3n) is 7.04. The number of aliphatic hydroxyl groups is 1. The van der Waals surface area contributed by atoms with Crippen molar-refractivity contribution in [3.05, 3.63) is 130 Å². The minimum Gasteiger partial charge on any atom is -0.457 e. The molecule has 2 amide bonds. The zero-order valence-electron chi connectivity index (χ0n) is 25.3. The Morgan fingerprint density at radius 1 is 0.894 bits per heavy atom. The number of nitrogens with one attached hydrogen (secondary N) is 2. The van der Waals surface area contributed by atoms with E-state index in [4.69, 9.17) is 9.15 Å². The predicted molar refractivity (Wildman–Crippen MR) is 171 cm³/mol. The van der Waals surface area contributed by atoms with Crippen LogP contribution in [0.25, 0.3) is 22.3 Å². The fourth-order valence-corrected chi connectivity index (χ4v) is 5.03. The van der Waals surface area contributed by atoms with Gasteiger partial charge in [-0.3, -0.25) is 9.59 Å². The Morgan fingerprint density at radius 2 is 1.57 bits per heavy atom. The van der Waals surface area contributed by atoms with Crippen molar-refractivity contribution in [1.29, 1.82) is 0 Å². The number of fused-ring (bicyclic) bond motifs is 1. The summed E-state index contributed by atoms with van der Waals surface area (Å²) in [7, 11) is 0. The van der Waals surface area contributed by atoms with Gasteiger partial charge in [0.05, 0.1) is 12.2 Å². The summed E-state index contributed by atoms with van der Waals surface area (Å²) < 4.78 is 39.6. The lowest BCUT2D eigenvalue weighted by Gasteiger charge is -2.18. The van der Waals surface area contributed by atoms with E-state index in [9.17, 15) is 28.3 Å². The molecule has 238 valence electrons. The highest BCUT2D eigenvalue weighted by Gasteiger charge is 2.27. The van der Waals surface area contributed by atoms with Crippen molar-refractivity contribution < 1.29 is 37.4 Å². The van der Waals surface area contributed by atoms with E-state index in [0.29, 0.717) is 22.1 Å². The van der Waals surface area contributed by atoms with Crippen LogP contribution in [0, 0.1) is 23.5 Å². The number of benzene rings is 4. The van der Waals surface area contributed by atoms with Crippen LogP contribution in [0.5, 0.6) is 0 Å². The maximum atomic E-state index is 13.8. The standard InChI is InChI=1S/C37H30F2N2O6/c1-23(43)41-32(36(44)40-14-15-42)20-25-16-28(13-12-24-8-4-2-5-9-24)34-31(19-25)33(35(47-34)27-10-6-3-7-11-27)37(45)46-22-26-17-29(38)21-30(39)18-26/h2-11,16-19,21,32,42H,14-15,20,22H2,1H3,(H,40,44)(H,41,43)/t32-/m0/s1. The first-order valence-corrected chi connectivity index (χ1v) is 14.7. The largest absolute Gasteiger partial charge is 0.457 e. The second-order valence-electron chi connectivity index (χ2n) is 10.6. The molecular weight excluding hydrogens is 606 g/mol. The first-order valence-electron chi connectivity index (χ1n) is 14.7. The van der Waals surface area contributed by atoms with E-state index in [0.717, 1.165) is 23.8 Å². The number of esters is 1. The molecule has 1 heterocycles. The van der Waals surface area contributed by atoms with Crippen molar-refractivity contribution >= 4 is 28.8 Å². The van der Waals surface area contributed by atoms with E-state index in [-0.39, 0.29) is 42.0 Å². The molecular formula is C37H30F2N2O6. The number of carbonyl (C=O) groups excluding carboxylic acids is 3. The third-order valence-corrected chi connectivity index (χ3v) is 7.04. The van der Waals surface area contributed by atoms with Gasteiger partial charge in [0.2, 0.25) is 11.8 Å². The lowest BCUT2D eigenvalue weighted by molar-refractivity contribution is -0.128. The van der Waals surface area contributed by atoms with Crippen molar-refractivity contribution in [2.45, 2.75) is 26.0 Å². The molecule has 0 saturated heterocycles. The molecule has 0 saturated carbocycles. The van der Waals surface area contributed by atoms with Crippen molar-refractivity contribution in [1.82, 2.24) is 10.6 Å². The highest BCUT2D eigenvalue weighted by molar-refractivity contribution is 6.10. The Hall–Kier alpha value is -5.79. The van der Waals surface area contributed by atoms with E-state index >= 15 is 0 Å². The van der Waals surface area contributed by atoms with Crippen LogP contribution < -0.4 is 10.6 Å². The second-order valence-corrected chi connectivity index (χ2v) is 10.6. The summed E-state index contributed by atoms with van der Waals surface area (Å²) in [6.45, 7) is 0.585. The smallest absolute Gasteiger partial charge is 0.343 e. The van der Waals surface area contributed by atoms with E-state index in [1.165, 1.54) is 6.92 Å². The molecule has 0 aliphatic carbocycles. The summed E-state index contributed by atoms with van der Waals surface area (Å²) >= 11 is 0. The summed E-state index contributed by atoms with van der Waals surface area (Å²) in [6.07, 6.45) is 0.00963. The highest BCUT2D eigenvalue weighted by atomic mass is 19.1. The normalized spacial score (nSPS) is 11.3. The van der Waals surface area contributed by atoms with Gasteiger partial charge in [0.25, 0.3) is 0 Å². The Labute approximate surface area is 269 Å². The van der Waals surface area contributed by atoms with E-state index in [1.54, 1.807) is 36.4 Å². The molecule has 5 aromatic rings. The Balaban J connectivity index is 1.66. The predicted octanol–water partition coefficient (Wildman–Crippen LogP) is 5.29. The number of halogens is 2. The van der Waals surface area contributed by atoms with Crippen molar-refractivity contribution in [3.63, 3.8) is 0 Å². The lowest BCUT2D eigenvalue weighted by Crippen LogP contribution is -2.48. The van der Waals surface area contributed by atoms with Gasteiger partial charge in [-0.25, -0.2) is 13.6 Å². The molecule has 0 radical (unpaired) electrons. The molecule has 1 atom stereocenters. The van der Waals surface area contributed by atoms with Gasteiger partial charge in [0, 0.05) is 42.5 Å². The highest BCUT2D eigenvalue weighted by Crippen LogP contribution is 2.37. The molecule has 10 heteroatoms. The molecule has 0 bridgehead atoms. The van der Waals surface area contributed by atoms with Crippen molar-refractivity contribution in [3.8, 4) is 23.2 Å². The quantitative estimate of drug-likeness (QED) is 0.142. The number of aliphatic hydroxyl groups excluding tert-OH is 1. The van der Waals surface area contributed by atoms with Gasteiger partial charge in [-0.15, -0.1) is 0 Å². The third kappa shape index (κ3) is 8.28. The molecule has 47 heavy (non-hydrogen) atoms. The van der Waals surface area contributed by atoms with Gasteiger partial charge in [0.15, 0.2) is 5.58 Å². The van der Waals surface area contributed by atoms with Gasteiger partial charge >= 0.3 is 5.97 Å². The molecule has 1 aromatic heterocycles. The Morgan fingerprint density at radius 3 is 2.23 bits per heavy atom. The molecule has 0 unspecified atom stereocenters. The van der Waals surface area contributed by atoms with Crippen LogP contribution in [-0.2, 0) is 27.4 Å². The number of hydrogen-bond acceptors (Lipinski definition) is 6. The average Bonchev–Trinajstić information content (AvgIpc) is 3.45. The topological polar surface area (TPSA) is 118 Å². The molecule has 5 rings (SSSR count). The zero-order valence-corrected chi connectivity index (χ0v) is 25.3. The van der Waals surface area contributed by atoms with E-state index < -0.39 is 42.1 Å². The minimum atomic E-state index is -1.01. The fraction of sp³-hybridized carbons (Fsp3) is 0.162. The molecule has 0 aliphatic heterocycles. The SMILES string of the molecule is CC(=O)N[C@@H](Cc1cc(C#Cc2ccccc2)c2oc(-c3ccccc3)c(C(=O)OCc3cc(F)cc(F)c3)c2c1)C(=O)NCCO. The molecule has 0 spiro atoms. The Kier molecular flexibility index (Phi) is 10.4. The zero-order chi connectivity index (χ0) is 33.3. The lowest BCUT2D eigenvalue weighted by atomic mass is 9.97. The maximum absolute atomic E-state index is 13.8. The molecule has 0 fully saturated rings. The summed E-state index contributed by atoms with van der Waals surface area (Å²) in [5.74, 6) is 3.03. The number of amides is 2. The number of hydrogen-bond donors (Lipinski definition) is 3. The maximum Gasteiger partial charge on any atom is 0.343 e. The van der Waals surface area contributed by atoms with Gasteiger partial charge < -0.3 is 24.9 Å². The number of carbonyl (C=O) groups is 3. The van der Waals surface area contributed by atoms with Crippen molar-refractivity contribution in [2.24, 2.45) is 0 Å². The number of ether oxygens (including phenoxy) is 1. The Bertz CT molecular complexity index is 1960. The van der Waals surface area contributed by atoms with Gasteiger partial charge in [-0.05, 0) is 47.5 Å². The van der Waals surface area contributed by atoms with Crippen LogP contribution >= 0.6 is 0 Å². The molecule has 8 nitrogen and oxygen atoms in total. The average molecular weight is 637 g/mol. The van der Waals surface area contributed by atoms with Gasteiger partial charge in [-0.2, -0.15) is 0 Å². The molecule has 4 aromatic carbocycles. The summed E-state index contributed by atoms with van der Waals surface area (Å²) in [4.78, 5) is 38.7. The van der Waals surface area contributed by atoms with Crippen LogP contribution in [0.1, 0.15) is 39.5 Å². The van der Waals surface area contributed by atoms with Crippen LogP contribution in [0.3, 0.4) is 0 Å². The number of furan rings is 1. The minimum absolute atomic E-state index is 0.00484. The first kappa shape index (κ1) is 32.6. The van der Waals surface area contributed by atoms with Crippen LogP contribution in [-0.4, -0.2) is 42.1 Å². The monoisotopic (exact) mass is 636 g/mol. The van der Waals surface area contributed by atoms with E-state index in [1.807, 2.05) is 36.4 Å². The second kappa shape index (κ2) is 15.0. The van der Waals surface area contributed by atoms with Crippen LogP contribution in [0.4, 0.5) is 8.78 Å².